The van der Waals surface area contributed by atoms with E-state index in [-0.39, 0.29) is 18.4 Å². The number of aromatic amines is 1. The molecular weight excluding hydrogens is 302 g/mol. The van der Waals surface area contributed by atoms with Crippen LogP contribution in [0.2, 0.25) is 0 Å². The number of carbonyl (C=O) groups is 1. The maximum absolute atomic E-state index is 12.7. The number of benzene rings is 1. The van der Waals surface area contributed by atoms with Crippen LogP contribution in [-0.2, 0) is 23.2 Å². The molecule has 0 radical (unpaired) electrons. The van der Waals surface area contributed by atoms with Gasteiger partial charge in [-0.1, -0.05) is 24.3 Å². The lowest BCUT2D eigenvalue weighted by Gasteiger charge is -2.35. The minimum atomic E-state index is -0.960. The first kappa shape index (κ1) is 15.4. The second-order valence-electron chi connectivity index (χ2n) is 7.01. The third-order valence-electron chi connectivity index (χ3n) is 5.47. The Balaban J connectivity index is 1.49. The Labute approximate surface area is 141 Å². The quantitative estimate of drug-likeness (QED) is 0.809. The second-order valence-corrected chi connectivity index (χ2v) is 7.01. The van der Waals surface area contributed by atoms with E-state index in [4.69, 9.17) is 0 Å². The highest BCUT2D eigenvalue weighted by Gasteiger charge is 2.36. The normalized spacial score (nSPS) is 25.6. The number of amides is 1. The SMILES string of the molecule is O=C(NCC1(O)CCCc2ccccc21)C1CCCc2[nH]ncc21. The molecule has 3 N–H and O–H groups in total. The molecule has 0 bridgehead atoms. The summed E-state index contributed by atoms with van der Waals surface area (Å²) >= 11 is 0. The minimum Gasteiger partial charge on any atom is -0.383 e. The summed E-state index contributed by atoms with van der Waals surface area (Å²) in [5.41, 5.74) is 3.27. The first-order valence-electron chi connectivity index (χ1n) is 8.78. The van der Waals surface area contributed by atoms with Crippen molar-refractivity contribution in [3.63, 3.8) is 0 Å². The van der Waals surface area contributed by atoms with Crippen LogP contribution in [0.25, 0.3) is 0 Å². The Morgan fingerprint density at radius 2 is 2.21 bits per heavy atom. The van der Waals surface area contributed by atoms with Crippen molar-refractivity contribution in [1.29, 1.82) is 0 Å². The van der Waals surface area contributed by atoms with Gasteiger partial charge >= 0.3 is 0 Å². The zero-order chi connectivity index (χ0) is 16.6. The van der Waals surface area contributed by atoms with Gasteiger partial charge in [-0.2, -0.15) is 5.10 Å². The van der Waals surface area contributed by atoms with Gasteiger partial charge in [0, 0.05) is 11.3 Å². The molecule has 2 aliphatic carbocycles. The zero-order valence-electron chi connectivity index (χ0n) is 13.7. The molecule has 24 heavy (non-hydrogen) atoms. The van der Waals surface area contributed by atoms with Crippen molar-refractivity contribution in [3.05, 3.63) is 52.8 Å². The van der Waals surface area contributed by atoms with Gasteiger partial charge in [-0.05, 0) is 49.7 Å². The fourth-order valence-electron chi connectivity index (χ4n) is 4.17. The van der Waals surface area contributed by atoms with E-state index in [0.717, 1.165) is 48.9 Å². The lowest BCUT2D eigenvalue weighted by Crippen LogP contribution is -2.44. The standard InChI is InChI=1S/C19H23N3O2/c23-18(14-7-3-9-17-15(14)11-21-22-17)20-12-19(24)10-4-6-13-5-1-2-8-16(13)19/h1-2,5,8,11,14,24H,3-4,6-7,9-10,12H2,(H,20,23)(H,21,22). The Hall–Kier alpha value is -2.14. The molecule has 0 saturated carbocycles. The maximum Gasteiger partial charge on any atom is 0.227 e. The fraction of sp³-hybridized carbons (Fsp3) is 0.474. The van der Waals surface area contributed by atoms with Crippen LogP contribution in [0, 0.1) is 0 Å². The second kappa shape index (κ2) is 6.06. The van der Waals surface area contributed by atoms with E-state index in [1.807, 2.05) is 18.2 Å². The molecule has 0 spiro atoms. The summed E-state index contributed by atoms with van der Waals surface area (Å²) in [7, 11) is 0. The third-order valence-corrected chi connectivity index (χ3v) is 5.47. The molecule has 0 aliphatic heterocycles. The van der Waals surface area contributed by atoms with Crippen LogP contribution in [0.5, 0.6) is 0 Å². The molecule has 0 fully saturated rings. The van der Waals surface area contributed by atoms with E-state index in [2.05, 4.69) is 21.6 Å². The van der Waals surface area contributed by atoms with Gasteiger partial charge in [-0.25, -0.2) is 0 Å². The van der Waals surface area contributed by atoms with E-state index in [1.54, 1.807) is 6.20 Å². The number of nitrogens with zero attached hydrogens (tertiary/aromatic N) is 1. The molecule has 2 aromatic rings. The van der Waals surface area contributed by atoms with E-state index in [1.165, 1.54) is 5.56 Å². The fourth-order valence-corrected chi connectivity index (χ4v) is 4.17. The maximum atomic E-state index is 12.7. The number of hydrogen-bond donors (Lipinski definition) is 3. The number of aromatic nitrogens is 2. The largest absolute Gasteiger partial charge is 0.383 e. The third kappa shape index (κ3) is 2.63. The van der Waals surface area contributed by atoms with E-state index in [9.17, 15) is 9.90 Å². The number of aliphatic hydroxyl groups is 1. The Kier molecular flexibility index (Phi) is 3.88. The average Bonchev–Trinajstić information content (AvgIpc) is 3.09. The lowest BCUT2D eigenvalue weighted by molar-refractivity contribution is -0.124. The smallest absolute Gasteiger partial charge is 0.227 e. The number of nitrogens with one attached hydrogen (secondary N) is 2. The molecule has 2 aliphatic rings. The number of aryl methyl sites for hydroxylation is 2. The summed E-state index contributed by atoms with van der Waals surface area (Å²) < 4.78 is 0. The summed E-state index contributed by atoms with van der Waals surface area (Å²) in [5, 5.41) is 21.2. The van der Waals surface area contributed by atoms with E-state index in [0.29, 0.717) is 6.42 Å². The molecule has 5 nitrogen and oxygen atoms in total. The zero-order valence-corrected chi connectivity index (χ0v) is 13.7. The van der Waals surface area contributed by atoms with Crippen molar-refractivity contribution in [2.24, 2.45) is 0 Å². The molecule has 0 saturated heterocycles. The van der Waals surface area contributed by atoms with Crippen LogP contribution in [0.15, 0.2) is 30.5 Å². The molecule has 1 amide bonds. The van der Waals surface area contributed by atoms with Crippen LogP contribution < -0.4 is 5.32 Å². The highest BCUT2D eigenvalue weighted by atomic mass is 16.3. The summed E-state index contributed by atoms with van der Waals surface area (Å²) in [6.45, 7) is 0.270. The van der Waals surface area contributed by atoms with Crippen LogP contribution in [0.3, 0.4) is 0 Å². The number of rotatable bonds is 3. The van der Waals surface area contributed by atoms with Crippen LogP contribution in [0.4, 0.5) is 0 Å². The van der Waals surface area contributed by atoms with Gasteiger partial charge in [-0.15, -0.1) is 0 Å². The van der Waals surface area contributed by atoms with Gasteiger partial charge in [0.1, 0.15) is 5.60 Å². The van der Waals surface area contributed by atoms with Crippen molar-refractivity contribution in [3.8, 4) is 0 Å². The van der Waals surface area contributed by atoms with Gasteiger partial charge in [-0.3, -0.25) is 9.89 Å². The highest BCUT2D eigenvalue weighted by Crippen LogP contribution is 2.35. The topological polar surface area (TPSA) is 78.0 Å². The summed E-state index contributed by atoms with van der Waals surface area (Å²) in [6.07, 6.45) is 7.17. The number of fused-ring (bicyclic) bond motifs is 2. The predicted molar refractivity (Wildman–Crippen MR) is 90.6 cm³/mol. The van der Waals surface area contributed by atoms with Gasteiger partial charge in [0.25, 0.3) is 0 Å². The molecular formula is C19H23N3O2. The summed E-state index contributed by atoms with van der Waals surface area (Å²) in [6, 6.07) is 8.01. The Morgan fingerprint density at radius 1 is 1.33 bits per heavy atom. The summed E-state index contributed by atoms with van der Waals surface area (Å²) in [4.78, 5) is 12.7. The van der Waals surface area contributed by atoms with Gasteiger partial charge in [0.05, 0.1) is 18.7 Å². The van der Waals surface area contributed by atoms with Crippen molar-refractivity contribution >= 4 is 5.91 Å². The first-order valence-corrected chi connectivity index (χ1v) is 8.78. The lowest BCUT2D eigenvalue weighted by atomic mass is 9.79. The van der Waals surface area contributed by atoms with Crippen molar-refractivity contribution in [2.75, 3.05) is 6.54 Å². The van der Waals surface area contributed by atoms with E-state index < -0.39 is 5.60 Å². The molecule has 4 rings (SSSR count). The van der Waals surface area contributed by atoms with Crippen molar-refractivity contribution in [1.82, 2.24) is 15.5 Å². The van der Waals surface area contributed by atoms with E-state index >= 15 is 0 Å². The Bertz CT molecular complexity index is 755. The van der Waals surface area contributed by atoms with Gasteiger partial charge in [0.15, 0.2) is 0 Å². The monoisotopic (exact) mass is 325 g/mol. The average molecular weight is 325 g/mol. The Morgan fingerprint density at radius 3 is 3.12 bits per heavy atom. The van der Waals surface area contributed by atoms with Gasteiger partial charge in [0.2, 0.25) is 5.91 Å². The van der Waals surface area contributed by atoms with Crippen molar-refractivity contribution in [2.45, 2.75) is 50.0 Å². The molecule has 1 heterocycles. The van der Waals surface area contributed by atoms with Crippen LogP contribution in [0.1, 0.15) is 54.0 Å². The van der Waals surface area contributed by atoms with Crippen molar-refractivity contribution < 1.29 is 9.90 Å². The molecule has 5 heteroatoms. The molecule has 1 aromatic heterocycles. The number of hydrogen-bond acceptors (Lipinski definition) is 3. The number of carbonyl (C=O) groups excluding carboxylic acids is 1. The summed E-state index contributed by atoms with van der Waals surface area (Å²) in [5.74, 6) is -0.163. The van der Waals surface area contributed by atoms with Crippen LogP contribution >= 0.6 is 0 Å². The predicted octanol–water partition coefficient (Wildman–Crippen LogP) is 2.17. The minimum absolute atomic E-state index is 0.00571. The van der Waals surface area contributed by atoms with Gasteiger partial charge < -0.3 is 10.4 Å². The van der Waals surface area contributed by atoms with Crippen LogP contribution in [-0.4, -0.2) is 27.8 Å². The number of H-pyrrole nitrogens is 1. The highest BCUT2D eigenvalue weighted by molar-refractivity contribution is 5.84. The molecule has 126 valence electrons. The molecule has 2 unspecified atom stereocenters. The molecule has 2 atom stereocenters. The first-order chi connectivity index (χ1) is 11.7. The molecule has 1 aromatic carbocycles.